The molecule has 68 valence electrons. The molecule has 0 saturated heterocycles. The molecule has 0 aliphatic carbocycles. The van der Waals surface area contributed by atoms with Crippen molar-refractivity contribution in [1.82, 2.24) is 0 Å². The number of benzene rings is 1. The van der Waals surface area contributed by atoms with E-state index < -0.39 is 12.8 Å². The third kappa shape index (κ3) is 5.83. The van der Waals surface area contributed by atoms with Gasteiger partial charge in [0, 0.05) is 5.56 Å². The first kappa shape index (κ1) is 14.2. The van der Waals surface area contributed by atoms with Gasteiger partial charge in [-0.15, -0.1) is 5.92 Å². The number of hydrogen-bond donors (Lipinski definition) is 0. The van der Waals surface area contributed by atoms with E-state index in [2.05, 4.69) is 0 Å². The number of rotatable bonds is 0. The first-order chi connectivity index (χ1) is 5.97. The Labute approximate surface area is 122 Å². The van der Waals surface area contributed by atoms with Gasteiger partial charge in [0.05, 0.1) is 0 Å². The zero-order valence-corrected chi connectivity index (χ0v) is 10.5. The largest absolute Gasteiger partial charge is 1.00 e. The van der Waals surface area contributed by atoms with Crippen LogP contribution in [0.1, 0.15) is 5.56 Å². The fraction of sp³-hybridized carbons (Fsp3) is 0. The van der Waals surface area contributed by atoms with E-state index in [1.807, 2.05) is 5.92 Å². The van der Waals surface area contributed by atoms with Gasteiger partial charge in [-0.05, 0) is 24.3 Å². The summed E-state index contributed by atoms with van der Waals surface area (Å²) in [6, 6.07) is 4.52. The third-order valence-corrected chi connectivity index (χ3v) is 1.22. The zero-order chi connectivity index (χ0) is 9.90. The second-order valence-corrected chi connectivity index (χ2v) is 2.35. The molecule has 0 N–H and O–H groups in total. The van der Waals surface area contributed by atoms with Crippen LogP contribution < -0.4 is 51.4 Å². The van der Waals surface area contributed by atoms with Gasteiger partial charge >= 0.3 is 58.4 Å². The Bertz CT molecular complexity index is 346. The third-order valence-electron chi connectivity index (χ3n) is 1.22. The summed E-state index contributed by atoms with van der Waals surface area (Å²) in [7, 11) is 0. The average molecular weight is 226 g/mol. The summed E-state index contributed by atoms with van der Waals surface area (Å²) in [5.74, 6) is 2.55. The molecule has 0 amide bonds. The maximum atomic E-state index is 12.3. The topological polar surface area (TPSA) is 0 Å². The number of halogens is 4. The summed E-state index contributed by atoms with van der Waals surface area (Å²) in [4.78, 5) is 0. The molecule has 1 rings (SSSR count). The molecule has 0 aromatic heterocycles. The fourth-order valence-electron chi connectivity index (χ4n) is 0.698. The molecule has 0 atom stereocenters. The molecule has 14 heavy (non-hydrogen) atoms. The predicted octanol–water partition coefficient (Wildman–Crippen LogP) is -0.432. The summed E-state index contributed by atoms with van der Waals surface area (Å²) in [6.07, 6.45) is 0. The van der Waals surface area contributed by atoms with Gasteiger partial charge in [0.2, 0.25) is 0 Å². The van der Waals surface area contributed by atoms with Crippen molar-refractivity contribution in [2.45, 2.75) is 0 Å². The molecule has 1 aromatic rings. The van der Waals surface area contributed by atoms with E-state index >= 15 is 0 Å². The van der Waals surface area contributed by atoms with E-state index in [0.717, 1.165) is 18.0 Å². The molecule has 0 nitrogen and oxygen atoms in total. The van der Waals surface area contributed by atoms with Crippen molar-refractivity contribution in [2.75, 3.05) is 0 Å². The Morgan fingerprint density at radius 3 is 1.93 bits per heavy atom. The summed E-state index contributed by atoms with van der Waals surface area (Å²) >= 11 is 0. The minimum absolute atomic E-state index is 0. The van der Waals surface area contributed by atoms with Gasteiger partial charge in [-0.1, -0.05) is 0 Å². The normalized spacial score (nSPS) is 9.71. The molecule has 0 aliphatic rings. The molecule has 0 saturated carbocycles. The van der Waals surface area contributed by atoms with E-state index in [-0.39, 0.29) is 56.9 Å². The molecule has 0 spiro atoms. The maximum Gasteiger partial charge on any atom is 1.00 e. The standard InChI is InChI=1S/C8H4BF4.K/c10-8-3-1-7(2-4-8)5-6-9(11,12)13;/h1-4H;/q-1;+1. The minimum atomic E-state index is -5.09. The Morgan fingerprint density at radius 2 is 1.50 bits per heavy atom. The van der Waals surface area contributed by atoms with E-state index in [1.165, 1.54) is 12.1 Å². The number of hydrogen-bond acceptors (Lipinski definition) is 0. The molecule has 0 heterocycles. The van der Waals surface area contributed by atoms with Crippen LogP contribution in [0.4, 0.5) is 17.3 Å². The second-order valence-electron chi connectivity index (χ2n) is 2.35. The van der Waals surface area contributed by atoms with Crippen molar-refractivity contribution in [3.63, 3.8) is 0 Å². The summed E-state index contributed by atoms with van der Waals surface area (Å²) in [5, 5.41) is 0. The van der Waals surface area contributed by atoms with Crippen molar-refractivity contribution in [2.24, 2.45) is 0 Å². The van der Waals surface area contributed by atoms with Crippen LogP contribution in [0.15, 0.2) is 24.3 Å². The van der Waals surface area contributed by atoms with Gasteiger partial charge in [0.1, 0.15) is 5.82 Å². The van der Waals surface area contributed by atoms with Crippen LogP contribution in [0.3, 0.4) is 0 Å². The van der Waals surface area contributed by atoms with Gasteiger partial charge in [0.25, 0.3) is 0 Å². The van der Waals surface area contributed by atoms with Crippen LogP contribution in [-0.4, -0.2) is 6.98 Å². The monoisotopic (exact) mass is 226 g/mol. The summed E-state index contributed by atoms with van der Waals surface area (Å²) in [5.41, 5.74) is 0.153. The fourth-order valence-corrected chi connectivity index (χ4v) is 0.698. The second kappa shape index (κ2) is 5.93. The van der Waals surface area contributed by atoms with E-state index in [1.54, 1.807) is 0 Å². The minimum Gasteiger partial charge on any atom is -0.438 e. The van der Waals surface area contributed by atoms with Crippen molar-refractivity contribution in [3.05, 3.63) is 35.6 Å². The van der Waals surface area contributed by atoms with Gasteiger partial charge in [-0.25, -0.2) is 4.39 Å². The van der Waals surface area contributed by atoms with Crippen LogP contribution in [-0.2, 0) is 0 Å². The molecule has 0 fully saturated rings. The molecule has 0 radical (unpaired) electrons. The van der Waals surface area contributed by atoms with Gasteiger partial charge in [0.15, 0.2) is 0 Å². The SMILES string of the molecule is Fc1ccc(C#C[B-](F)(F)F)cc1.[K+]. The molecule has 0 unspecified atom stereocenters. The summed E-state index contributed by atoms with van der Waals surface area (Å²) in [6.45, 7) is -5.09. The summed E-state index contributed by atoms with van der Waals surface area (Å²) < 4.78 is 47.2. The molecule has 0 aliphatic heterocycles. The van der Waals surface area contributed by atoms with Crippen LogP contribution in [0.2, 0.25) is 0 Å². The maximum absolute atomic E-state index is 12.3. The van der Waals surface area contributed by atoms with Crippen LogP contribution in [0, 0.1) is 17.6 Å². The smallest absolute Gasteiger partial charge is 0.438 e. The Morgan fingerprint density at radius 1 is 1.00 bits per heavy atom. The van der Waals surface area contributed by atoms with Crippen molar-refractivity contribution in [3.8, 4) is 11.7 Å². The van der Waals surface area contributed by atoms with Crippen LogP contribution in [0.5, 0.6) is 0 Å². The molecule has 0 bridgehead atoms. The van der Waals surface area contributed by atoms with Crippen molar-refractivity contribution >= 4 is 6.98 Å². The molecular weight excluding hydrogens is 222 g/mol. The van der Waals surface area contributed by atoms with Gasteiger partial charge in [-0.3, -0.25) is 0 Å². The first-order valence-electron chi connectivity index (χ1n) is 3.45. The van der Waals surface area contributed by atoms with Gasteiger partial charge in [-0.2, -0.15) is 5.82 Å². The quantitative estimate of drug-likeness (QED) is 0.320. The van der Waals surface area contributed by atoms with Crippen molar-refractivity contribution in [1.29, 1.82) is 0 Å². The van der Waals surface area contributed by atoms with E-state index in [0.29, 0.717) is 0 Å². The predicted molar refractivity (Wildman–Crippen MR) is 42.4 cm³/mol. The molecule has 1 aromatic carbocycles. The van der Waals surface area contributed by atoms with E-state index in [4.69, 9.17) is 0 Å². The molecule has 6 heteroatoms. The van der Waals surface area contributed by atoms with Crippen molar-refractivity contribution < 1.29 is 68.7 Å². The van der Waals surface area contributed by atoms with Crippen LogP contribution in [0.25, 0.3) is 0 Å². The Hall–Kier alpha value is 0.201. The van der Waals surface area contributed by atoms with Gasteiger partial charge < -0.3 is 12.9 Å². The Kier molecular flexibility index (Phi) is 6.02. The first-order valence-corrected chi connectivity index (χ1v) is 3.45. The van der Waals surface area contributed by atoms with E-state index in [9.17, 15) is 17.3 Å². The zero-order valence-electron chi connectivity index (χ0n) is 7.40. The average Bonchev–Trinajstić information content (AvgIpc) is 2.02. The molecular formula is C8H4BF4K. The van der Waals surface area contributed by atoms with Crippen LogP contribution >= 0.6 is 0 Å². The Balaban J connectivity index is 0.00000169.